The van der Waals surface area contributed by atoms with Crippen molar-refractivity contribution in [3.8, 4) is 0 Å². The van der Waals surface area contributed by atoms with Crippen LogP contribution in [-0.2, 0) is 19.4 Å². The van der Waals surface area contributed by atoms with Gasteiger partial charge in [-0.05, 0) is 11.8 Å². The van der Waals surface area contributed by atoms with Crippen LogP contribution in [0.15, 0.2) is 0 Å². The molecule has 4 nitrogen and oxygen atoms in total. The summed E-state index contributed by atoms with van der Waals surface area (Å²) in [5.74, 6) is 0.190. The van der Waals surface area contributed by atoms with E-state index in [9.17, 15) is 13.2 Å². The number of methoxy groups -OCH3 is 1. The summed E-state index contributed by atoms with van der Waals surface area (Å²) in [7, 11) is -1.47. The van der Waals surface area contributed by atoms with Gasteiger partial charge in [-0.15, -0.1) is 0 Å². The number of hydrogen-bond donors (Lipinski definition) is 0. The molecule has 0 fully saturated rings. The molecule has 0 N–H and O–H groups in total. The molecule has 0 aromatic carbocycles. The molecular formula is C12H24O4S. The van der Waals surface area contributed by atoms with E-state index in [1.165, 1.54) is 7.11 Å². The van der Waals surface area contributed by atoms with Crippen molar-refractivity contribution in [2.24, 2.45) is 5.41 Å². The average molecular weight is 264 g/mol. The summed E-state index contributed by atoms with van der Waals surface area (Å²) in [5.41, 5.74) is -0.254. The van der Waals surface area contributed by atoms with Crippen LogP contribution in [0.3, 0.4) is 0 Å². The molecule has 102 valence electrons. The molecule has 0 spiro atoms. The quantitative estimate of drug-likeness (QED) is 0.704. The van der Waals surface area contributed by atoms with Crippen molar-refractivity contribution in [2.45, 2.75) is 46.6 Å². The smallest absolute Gasteiger partial charge is 0.162 e. The molecule has 0 bridgehead atoms. The first kappa shape index (κ1) is 16.6. The van der Waals surface area contributed by atoms with Gasteiger partial charge in [-0.1, -0.05) is 27.7 Å². The number of ether oxygens (including phenoxy) is 1. The van der Waals surface area contributed by atoms with Crippen molar-refractivity contribution in [3.05, 3.63) is 0 Å². The zero-order chi connectivity index (χ0) is 13.7. The second-order valence-electron chi connectivity index (χ2n) is 5.29. The Hall–Kier alpha value is -0.420. The predicted octanol–water partition coefficient (Wildman–Crippen LogP) is 1.83. The average Bonchev–Trinajstić information content (AvgIpc) is 2.16. The number of ketones is 1. The fourth-order valence-electron chi connectivity index (χ4n) is 1.71. The first-order valence-corrected chi connectivity index (χ1v) is 7.72. The number of sulfone groups is 1. The molecule has 1 unspecified atom stereocenters. The summed E-state index contributed by atoms with van der Waals surface area (Å²) in [6.45, 7) is 7.41. The zero-order valence-corrected chi connectivity index (χ0v) is 12.3. The molecule has 0 rings (SSSR count). The lowest BCUT2D eigenvalue weighted by atomic mass is 9.85. The van der Waals surface area contributed by atoms with Crippen LogP contribution >= 0.6 is 0 Å². The van der Waals surface area contributed by atoms with Crippen molar-refractivity contribution < 1.29 is 17.9 Å². The monoisotopic (exact) mass is 264 g/mol. The second-order valence-corrected chi connectivity index (χ2v) is 7.76. The lowest BCUT2D eigenvalue weighted by Crippen LogP contribution is -2.36. The van der Waals surface area contributed by atoms with Crippen LogP contribution in [0.5, 0.6) is 0 Å². The van der Waals surface area contributed by atoms with Gasteiger partial charge in [0.05, 0.1) is 5.75 Å². The first-order chi connectivity index (χ1) is 7.64. The molecule has 0 radical (unpaired) electrons. The van der Waals surface area contributed by atoms with Crippen molar-refractivity contribution in [1.82, 2.24) is 0 Å². The number of Topliss-reactive ketones (excluding diaryl/α,β-unsaturated/α-hetero) is 1. The molecule has 0 aromatic rings. The van der Waals surface area contributed by atoms with Gasteiger partial charge in [-0.3, -0.25) is 4.79 Å². The molecule has 1 atom stereocenters. The molecular weight excluding hydrogens is 240 g/mol. The lowest BCUT2D eigenvalue weighted by Gasteiger charge is -2.28. The molecule has 0 aliphatic rings. The Labute approximate surface area is 105 Å². The van der Waals surface area contributed by atoms with E-state index in [0.29, 0.717) is 6.42 Å². The van der Waals surface area contributed by atoms with Gasteiger partial charge in [0.2, 0.25) is 0 Å². The Morgan fingerprint density at radius 2 is 1.82 bits per heavy atom. The Kier molecular flexibility index (Phi) is 6.34. The van der Waals surface area contributed by atoms with Gasteiger partial charge in [0.15, 0.2) is 5.78 Å². The van der Waals surface area contributed by atoms with Crippen LogP contribution < -0.4 is 0 Å². The van der Waals surface area contributed by atoms with Crippen molar-refractivity contribution in [3.63, 3.8) is 0 Å². The number of carbonyl (C=O) groups excluding carboxylic acids is 1. The van der Waals surface area contributed by atoms with E-state index in [4.69, 9.17) is 4.74 Å². The van der Waals surface area contributed by atoms with Crippen LogP contribution in [0.1, 0.15) is 40.5 Å². The maximum absolute atomic E-state index is 11.9. The van der Waals surface area contributed by atoms with Crippen LogP contribution in [0.25, 0.3) is 0 Å². The summed E-state index contributed by atoms with van der Waals surface area (Å²) in [6.07, 6.45) is 0.173. The van der Waals surface area contributed by atoms with E-state index in [1.807, 2.05) is 20.8 Å². The summed E-state index contributed by atoms with van der Waals surface area (Å²) in [6, 6.07) is 0. The lowest BCUT2D eigenvalue weighted by molar-refractivity contribution is -0.134. The predicted molar refractivity (Wildman–Crippen MR) is 68.8 cm³/mol. The third-order valence-electron chi connectivity index (χ3n) is 2.63. The van der Waals surface area contributed by atoms with Gasteiger partial charge in [0.1, 0.15) is 15.9 Å². The normalized spacial score (nSPS) is 14.6. The van der Waals surface area contributed by atoms with E-state index >= 15 is 0 Å². The molecule has 0 heterocycles. The Morgan fingerprint density at radius 1 is 1.29 bits per heavy atom. The highest BCUT2D eigenvalue weighted by Crippen LogP contribution is 2.23. The van der Waals surface area contributed by atoms with Gasteiger partial charge in [-0.25, -0.2) is 8.42 Å². The zero-order valence-electron chi connectivity index (χ0n) is 11.4. The van der Waals surface area contributed by atoms with Gasteiger partial charge in [0.25, 0.3) is 0 Å². The van der Waals surface area contributed by atoms with Crippen LogP contribution in [-0.4, -0.2) is 38.9 Å². The molecule has 0 saturated carbocycles. The van der Waals surface area contributed by atoms with Gasteiger partial charge in [0, 0.05) is 19.3 Å². The molecule has 0 amide bonds. The third-order valence-corrected chi connectivity index (χ3v) is 4.42. The van der Waals surface area contributed by atoms with E-state index in [1.54, 1.807) is 6.92 Å². The minimum absolute atomic E-state index is 0.0219. The van der Waals surface area contributed by atoms with Gasteiger partial charge >= 0.3 is 0 Å². The highest BCUT2D eigenvalue weighted by molar-refractivity contribution is 7.91. The topological polar surface area (TPSA) is 60.4 Å². The highest BCUT2D eigenvalue weighted by Gasteiger charge is 2.30. The standard InChI is InChI=1S/C12H24O4S/c1-6-17(14,15)9-7-8-10(13)11(16-5)12(2,3)4/h11H,6-9H2,1-5H3. The number of hydrogen-bond acceptors (Lipinski definition) is 4. The molecule has 0 aliphatic heterocycles. The fraction of sp³-hybridized carbons (Fsp3) is 0.917. The molecule has 0 aromatic heterocycles. The van der Waals surface area contributed by atoms with Crippen LogP contribution in [0, 0.1) is 5.41 Å². The maximum atomic E-state index is 11.9. The second kappa shape index (κ2) is 6.50. The van der Waals surface area contributed by atoms with E-state index in [0.717, 1.165) is 0 Å². The number of rotatable bonds is 7. The Balaban J connectivity index is 4.28. The minimum atomic E-state index is -2.98. The van der Waals surface area contributed by atoms with Crippen molar-refractivity contribution >= 4 is 15.6 Å². The van der Waals surface area contributed by atoms with E-state index in [-0.39, 0.29) is 29.1 Å². The van der Waals surface area contributed by atoms with E-state index in [2.05, 4.69) is 0 Å². The Morgan fingerprint density at radius 3 is 2.18 bits per heavy atom. The summed E-state index contributed by atoms with van der Waals surface area (Å²) in [5, 5.41) is 0. The molecule has 17 heavy (non-hydrogen) atoms. The first-order valence-electron chi connectivity index (χ1n) is 5.90. The minimum Gasteiger partial charge on any atom is -0.373 e. The van der Waals surface area contributed by atoms with Gasteiger partial charge < -0.3 is 4.74 Å². The SMILES string of the molecule is CCS(=O)(=O)CCCC(=O)C(OC)C(C)(C)C. The molecule has 5 heteroatoms. The largest absolute Gasteiger partial charge is 0.373 e. The van der Waals surface area contributed by atoms with Crippen molar-refractivity contribution in [1.29, 1.82) is 0 Å². The third kappa shape index (κ3) is 6.17. The Bertz CT molecular complexity index is 338. The summed E-state index contributed by atoms with van der Waals surface area (Å²) < 4.78 is 27.7. The highest BCUT2D eigenvalue weighted by atomic mass is 32.2. The van der Waals surface area contributed by atoms with Gasteiger partial charge in [-0.2, -0.15) is 0 Å². The summed E-state index contributed by atoms with van der Waals surface area (Å²) >= 11 is 0. The van der Waals surface area contributed by atoms with Crippen LogP contribution in [0.4, 0.5) is 0 Å². The molecule has 0 saturated heterocycles. The maximum Gasteiger partial charge on any atom is 0.162 e. The number of carbonyl (C=O) groups is 1. The van der Waals surface area contributed by atoms with Crippen LogP contribution in [0.2, 0.25) is 0 Å². The fourth-order valence-corrected chi connectivity index (χ4v) is 2.58. The summed E-state index contributed by atoms with van der Waals surface area (Å²) in [4.78, 5) is 11.9. The molecule has 0 aliphatic carbocycles. The van der Waals surface area contributed by atoms with E-state index < -0.39 is 15.9 Å². The van der Waals surface area contributed by atoms with Crippen molar-refractivity contribution in [2.75, 3.05) is 18.6 Å².